The Morgan fingerprint density at radius 3 is 2.30 bits per heavy atom. The number of aliphatic hydroxyl groups excluding tert-OH is 1. The van der Waals surface area contributed by atoms with Crippen LogP contribution in [0.15, 0.2) is 35.1 Å². The van der Waals surface area contributed by atoms with Crippen molar-refractivity contribution in [3.05, 3.63) is 46.2 Å². The van der Waals surface area contributed by atoms with Crippen molar-refractivity contribution in [1.29, 1.82) is 0 Å². The number of phenols is 2. The topological polar surface area (TPSA) is 94.8 Å². The van der Waals surface area contributed by atoms with Crippen molar-refractivity contribution in [1.82, 2.24) is 0 Å². The first-order chi connectivity index (χ1) is 10.8. The quantitative estimate of drug-likeness (QED) is 0.609. The molecule has 3 N–H and O–H groups in total. The zero-order chi connectivity index (χ0) is 16.9. The van der Waals surface area contributed by atoms with Gasteiger partial charge in [-0.15, -0.1) is 0 Å². The summed E-state index contributed by atoms with van der Waals surface area (Å²) >= 11 is 6.76. The minimum absolute atomic E-state index is 0.0600. The summed E-state index contributed by atoms with van der Waals surface area (Å²) in [7, 11) is 0. The van der Waals surface area contributed by atoms with Gasteiger partial charge < -0.3 is 15.3 Å². The maximum atomic E-state index is 12.7. The third kappa shape index (κ3) is 2.33. The second-order valence-electron chi connectivity index (χ2n) is 5.73. The SMILES string of the molecule is O=C1C2=CC(CBr)(CBr)CC(O)=C2C(=O)c2c(O)cc(O)cc21. The number of rotatable bonds is 2. The van der Waals surface area contributed by atoms with Crippen LogP contribution < -0.4 is 0 Å². The van der Waals surface area contributed by atoms with Crippen LogP contribution in [-0.4, -0.2) is 37.5 Å². The number of allylic oxidation sites excluding steroid dienone is 4. The van der Waals surface area contributed by atoms with Gasteiger partial charge in [0.2, 0.25) is 5.78 Å². The molecule has 0 heterocycles. The van der Waals surface area contributed by atoms with Crippen LogP contribution in [-0.2, 0) is 0 Å². The first-order valence-corrected chi connectivity index (χ1v) is 9.00. The molecular weight excluding hydrogens is 432 g/mol. The normalized spacial score (nSPS) is 19.3. The number of carbonyl (C=O) groups is 2. The molecule has 0 spiro atoms. The van der Waals surface area contributed by atoms with Crippen molar-refractivity contribution >= 4 is 43.4 Å². The number of aromatic hydroxyl groups is 2. The lowest BCUT2D eigenvalue weighted by Gasteiger charge is -2.34. The molecule has 0 saturated carbocycles. The predicted molar refractivity (Wildman–Crippen MR) is 90.8 cm³/mol. The van der Waals surface area contributed by atoms with Crippen molar-refractivity contribution in [2.45, 2.75) is 6.42 Å². The molecule has 1 aromatic carbocycles. The van der Waals surface area contributed by atoms with E-state index in [9.17, 15) is 24.9 Å². The summed E-state index contributed by atoms with van der Waals surface area (Å²) in [4.78, 5) is 25.4. The van der Waals surface area contributed by atoms with E-state index in [1.807, 2.05) is 0 Å². The molecule has 0 aromatic heterocycles. The Labute approximate surface area is 148 Å². The van der Waals surface area contributed by atoms with Crippen LogP contribution in [0, 0.1) is 5.41 Å². The molecule has 0 amide bonds. The van der Waals surface area contributed by atoms with Crippen molar-refractivity contribution in [3.63, 3.8) is 0 Å². The highest BCUT2D eigenvalue weighted by Gasteiger charge is 2.43. The zero-order valence-corrected chi connectivity index (χ0v) is 14.9. The minimum Gasteiger partial charge on any atom is -0.511 e. The number of aliphatic hydroxyl groups is 1. The van der Waals surface area contributed by atoms with Crippen molar-refractivity contribution in [3.8, 4) is 11.5 Å². The van der Waals surface area contributed by atoms with Crippen LogP contribution in [0.2, 0.25) is 0 Å². The summed E-state index contributed by atoms with van der Waals surface area (Å²) in [6, 6.07) is 2.16. The van der Waals surface area contributed by atoms with E-state index < -0.39 is 22.7 Å². The monoisotopic (exact) mass is 442 g/mol. The number of hydrogen-bond acceptors (Lipinski definition) is 5. The van der Waals surface area contributed by atoms with Gasteiger partial charge in [0.25, 0.3) is 0 Å². The Morgan fingerprint density at radius 2 is 1.70 bits per heavy atom. The molecule has 0 unspecified atom stereocenters. The van der Waals surface area contributed by atoms with E-state index in [0.717, 1.165) is 12.1 Å². The molecule has 7 heteroatoms. The van der Waals surface area contributed by atoms with E-state index in [-0.39, 0.29) is 40.2 Å². The fourth-order valence-corrected chi connectivity index (χ4v) is 4.60. The summed E-state index contributed by atoms with van der Waals surface area (Å²) < 4.78 is 0. The van der Waals surface area contributed by atoms with Crippen LogP contribution in [0.25, 0.3) is 0 Å². The van der Waals surface area contributed by atoms with E-state index >= 15 is 0 Å². The van der Waals surface area contributed by atoms with Gasteiger partial charge in [0, 0.05) is 39.7 Å². The maximum Gasteiger partial charge on any atom is 0.201 e. The molecule has 0 bridgehead atoms. The van der Waals surface area contributed by atoms with Gasteiger partial charge in [-0.2, -0.15) is 0 Å². The molecule has 0 fully saturated rings. The largest absolute Gasteiger partial charge is 0.511 e. The average molecular weight is 444 g/mol. The van der Waals surface area contributed by atoms with E-state index in [0.29, 0.717) is 10.7 Å². The molecule has 2 aliphatic rings. The van der Waals surface area contributed by atoms with Crippen LogP contribution in [0.5, 0.6) is 11.5 Å². The van der Waals surface area contributed by atoms with E-state index in [2.05, 4.69) is 31.9 Å². The molecule has 5 nitrogen and oxygen atoms in total. The molecule has 2 aliphatic carbocycles. The first-order valence-electron chi connectivity index (χ1n) is 6.76. The van der Waals surface area contributed by atoms with Crippen LogP contribution in [0.4, 0.5) is 0 Å². The number of carbonyl (C=O) groups excluding carboxylic acids is 2. The number of phenolic OH excluding ortho intramolecular Hbond substituents is 2. The molecule has 0 saturated heterocycles. The van der Waals surface area contributed by atoms with Crippen molar-refractivity contribution in [2.24, 2.45) is 5.41 Å². The molecule has 1 aromatic rings. The number of benzene rings is 1. The molecule has 0 aliphatic heterocycles. The maximum absolute atomic E-state index is 12.7. The summed E-state index contributed by atoms with van der Waals surface area (Å²) in [5, 5.41) is 30.9. The van der Waals surface area contributed by atoms with E-state index in [1.165, 1.54) is 0 Å². The molecule has 120 valence electrons. The van der Waals surface area contributed by atoms with Crippen LogP contribution in [0.3, 0.4) is 0 Å². The molecule has 0 atom stereocenters. The lowest BCUT2D eigenvalue weighted by Crippen LogP contribution is -2.33. The summed E-state index contributed by atoms with van der Waals surface area (Å²) in [6.45, 7) is 0. The van der Waals surface area contributed by atoms with Gasteiger partial charge in [-0.25, -0.2) is 0 Å². The van der Waals surface area contributed by atoms with Gasteiger partial charge in [-0.05, 0) is 6.07 Å². The van der Waals surface area contributed by atoms with E-state index in [4.69, 9.17) is 0 Å². The molecule has 0 radical (unpaired) electrons. The zero-order valence-electron chi connectivity index (χ0n) is 11.8. The highest BCUT2D eigenvalue weighted by atomic mass is 79.9. The number of halogens is 2. The first kappa shape index (κ1) is 16.3. The Bertz CT molecular complexity index is 803. The lowest BCUT2D eigenvalue weighted by molar-refractivity contribution is 0.0959. The summed E-state index contributed by atoms with van der Waals surface area (Å²) in [6.07, 6.45) is 1.88. The highest BCUT2D eigenvalue weighted by Crippen LogP contribution is 2.45. The Balaban J connectivity index is 2.30. The Morgan fingerprint density at radius 1 is 1.04 bits per heavy atom. The Kier molecular flexibility index (Phi) is 3.88. The predicted octanol–water partition coefficient (Wildman–Crippen LogP) is 3.40. The number of fused-ring (bicyclic) bond motifs is 2. The minimum atomic E-state index is -0.612. The highest BCUT2D eigenvalue weighted by molar-refractivity contribution is 9.09. The van der Waals surface area contributed by atoms with Crippen molar-refractivity contribution in [2.75, 3.05) is 10.7 Å². The second kappa shape index (κ2) is 5.49. The van der Waals surface area contributed by atoms with Gasteiger partial charge in [-0.3, -0.25) is 9.59 Å². The van der Waals surface area contributed by atoms with Gasteiger partial charge in [0.15, 0.2) is 5.78 Å². The number of alkyl halides is 2. The third-order valence-corrected chi connectivity index (χ3v) is 6.34. The number of ketones is 2. The lowest BCUT2D eigenvalue weighted by atomic mass is 9.72. The van der Waals surface area contributed by atoms with E-state index in [1.54, 1.807) is 6.08 Å². The number of hydrogen-bond donors (Lipinski definition) is 3. The Hall–Kier alpha value is -1.60. The smallest absolute Gasteiger partial charge is 0.201 e. The summed E-state index contributed by atoms with van der Waals surface area (Å²) in [5.41, 5.74) is -0.738. The standard InChI is InChI=1S/C16H12Br2O5/c17-5-16(6-18)3-9-13(11(21)4-16)15(23)12-8(14(9)22)1-7(19)2-10(12)20/h1-3,19-21H,4-6H2. The average Bonchev–Trinajstić information content (AvgIpc) is 2.51. The van der Waals surface area contributed by atoms with Gasteiger partial charge >= 0.3 is 0 Å². The number of Topliss-reactive ketones (excluding diaryl/α,β-unsaturated/α-hetero) is 2. The fraction of sp³-hybridized carbons (Fsp3) is 0.250. The van der Waals surface area contributed by atoms with Gasteiger partial charge in [0.05, 0.1) is 11.1 Å². The fourth-order valence-electron chi connectivity index (χ4n) is 2.95. The van der Waals surface area contributed by atoms with Crippen LogP contribution >= 0.6 is 31.9 Å². The van der Waals surface area contributed by atoms with Gasteiger partial charge in [0.1, 0.15) is 17.3 Å². The molecule has 23 heavy (non-hydrogen) atoms. The van der Waals surface area contributed by atoms with Crippen molar-refractivity contribution < 1.29 is 24.9 Å². The van der Waals surface area contributed by atoms with Crippen LogP contribution in [0.1, 0.15) is 27.1 Å². The third-order valence-electron chi connectivity index (χ3n) is 4.11. The second-order valence-corrected chi connectivity index (χ2v) is 6.85. The summed E-state index contributed by atoms with van der Waals surface area (Å²) in [5.74, 6) is -2.06. The molecular formula is C16H12Br2O5. The van der Waals surface area contributed by atoms with Gasteiger partial charge in [-0.1, -0.05) is 37.9 Å². The molecule has 3 rings (SSSR count).